The van der Waals surface area contributed by atoms with Crippen LogP contribution < -0.4 is 10.2 Å². The van der Waals surface area contributed by atoms with Crippen molar-refractivity contribution in [3.63, 3.8) is 0 Å². The number of anilines is 2. The highest BCUT2D eigenvalue weighted by molar-refractivity contribution is 5.48. The molecule has 0 amide bonds. The molecule has 4 nitrogen and oxygen atoms in total. The van der Waals surface area contributed by atoms with Gasteiger partial charge in [-0.1, -0.05) is 12.1 Å². The Balaban J connectivity index is 1.68. The molecule has 1 saturated heterocycles. The third-order valence-electron chi connectivity index (χ3n) is 3.73. The number of halogens is 1. The van der Waals surface area contributed by atoms with E-state index in [0.717, 1.165) is 31.5 Å². The lowest BCUT2D eigenvalue weighted by Crippen LogP contribution is -2.42. The molecule has 1 aromatic heterocycles. The highest BCUT2D eigenvalue weighted by Crippen LogP contribution is 2.23. The first kappa shape index (κ1) is 13.8. The number of para-hydroxylation sites is 1. The summed E-state index contributed by atoms with van der Waals surface area (Å²) in [4.78, 5) is 10.6. The summed E-state index contributed by atoms with van der Waals surface area (Å²) in [5.41, 5.74) is 1.71. The zero-order valence-corrected chi connectivity index (χ0v) is 12.1. The number of hydrogen-bond acceptors (Lipinski definition) is 4. The Kier molecular flexibility index (Phi) is 3.99. The Morgan fingerprint density at radius 2 is 2.00 bits per heavy atom. The van der Waals surface area contributed by atoms with Gasteiger partial charge in [-0.3, -0.25) is 0 Å². The van der Waals surface area contributed by atoms with E-state index in [1.807, 2.05) is 19.1 Å². The molecule has 3 rings (SSSR count). The van der Waals surface area contributed by atoms with E-state index in [2.05, 4.69) is 20.2 Å². The largest absolute Gasteiger partial charge is 0.367 e. The summed E-state index contributed by atoms with van der Waals surface area (Å²) in [5.74, 6) is 0.478. The van der Waals surface area contributed by atoms with E-state index >= 15 is 0 Å². The smallest absolute Gasteiger partial charge is 0.222 e. The SMILES string of the molecule is Cc1cnc(NC2CCCN(c3ccccc3F)C2)nc1. The maximum Gasteiger partial charge on any atom is 0.222 e. The minimum Gasteiger partial charge on any atom is -0.367 e. The van der Waals surface area contributed by atoms with E-state index in [-0.39, 0.29) is 11.9 Å². The normalized spacial score (nSPS) is 18.6. The Labute approximate surface area is 124 Å². The van der Waals surface area contributed by atoms with Crippen LogP contribution in [-0.4, -0.2) is 29.1 Å². The molecule has 110 valence electrons. The number of nitrogens with one attached hydrogen (secondary N) is 1. The molecule has 5 heteroatoms. The van der Waals surface area contributed by atoms with Crippen LogP contribution in [0.2, 0.25) is 0 Å². The molecule has 0 saturated carbocycles. The van der Waals surface area contributed by atoms with Gasteiger partial charge >= 0.3 is 0 Å². The van der Waals surface area contributed by atoms with Gasteiger partial charge in [0.05, 0.1) is 5.69 Å². The van der Waals surface area contributed by atoms with Crippen LogP contribution in [0.3, 0.4) is 0 Å². The molecule has 1 atom stereocenters. The minimum absolute atomic E-state index is 0.162. The zero-order valence-electron chi connectivity index (χ0n) is 12.1. The average molecular weight is 286 g/mol. The van der Waals surface area contributed by atoms with Gasteiger partial charge in [0, 0.05) is 31.5 Å². The van der Waals surface area contributed by atoms with Crippen LogP contribution in [-0.2, 0) is 0 Å². The van der Waals surface area contributed by atoms with Crippen molar-refractivity contribution in [2.45, 2.75) is 25.8 Å². The standard InChI is InChI=1S/C16H19FN4/c1-12-9-18-16(19-10-12)20-13-5-4-8-21(11-13)15-7-3-2-6-14(15)17/h2-3,6-7,9-10,13H,4-5,8,11H2,1H3,(H,18,19,20). The highest BCUT2D eigenvalue weighted by atomic mass is 19.1. The first-order valence-electron chi connectivity index (χ1n) is 7.27. The van der Waals surface area contributed by atoms with Gasteiger partial charge in [-0.2, -0.15) is 0 Å². The van der Waals surface area contributed by atoms with Gasteiger partial charge in [-0.15, -0.1) is 0 Å². The monoisotopic (exact) mass is 286 g/mol. The molecule has 0 spiro atoms. The second-order valence-corrected chi connectivity index (χ2v) is 5.46. The summed E-state index contributed by atoms with van der Waals surface area (Å²) in [6, 6.07) is 7.17. The first-order chi connectivity index (χ1) is 10.2. The molecular weight excluding hydrogens is 267 g/mol. The fraction of sp³-hybridized carbons (Fsp3) is 0.375. The molecule has 21 heavy (non-hydrogen) atoms. The van der Waals surface area contributed by atoms with Crippen LogP contribution in [0.1, 0.15) is 18.4 Å². The van der Waals surface area contributed by atoms with Gasteiger partial charge in [0.2, 0.25) is 5.95 Å². The summed E-state index contributed by atoms with van der Waals surface area (Å²) in [7, 11) is 0. The van der Waals surface area contributed by atoms with Gasteiger partial charge in [0.25, 0.3) is 0 Å². The second kappa shape index (κ2) is 6.08. The first-order valence-corrected chi connectivity index (χ1v) is 7.27. The number of rotatable bonds is 3. The van der Waals surface area contributed by atoms with Gasteiger partial charge in [0.1, 0.15) is 5.82 Å². The van der Waals surface area contributed by atoms with Gasteiger partial charge in [0.15, 0.2) is 0 Å². The molecule has 0 aliphatic carbocycles. The molecule has 1 aromatic carbocycles. The third-order valence-corrected chi connectivity index (χ3v) is 3.73. The maximum atomic E-state index is 13.9. The molecule has 1 aliphatic rings. The van der Waals surface area contributed by atoms with Crippen molar-refractivity contribution < 1.29 is 4.39 Å². The molecule has 0 bridgehead atoms. The molecule has 2 aromatic rings. The van der Waals surface area contributed by atoms with E-state index in [1.54, 1.807) is 18.5 Å². The van der Waals surface area contributed by atoms with Crippen LogP contribution in [0.4, 0.5) is 16.0 Å². The molecule has 1 aliphatic heterocycles. The van der Waals surface area contributed by atoms with E-state index in [4.69, 9.17) is 0 Å². The highest BCUT2D eigenvalue weighted by Gasteiger charge is 2.22. The lowest BCUT2D eigenvalue weighted by Gasteiger charge is -2.34. The van der Waals surface area contributed by atoms with Crippen LogP contribution in [0.25, 0.3) is 0 Å². The maximum absolute atomic E-state index is 13.9. The van der Waals surface area contributed by atoms with Crippen molar-refractivity contribution in [1.29, 1.82) is 0 Å². The number of benzene rings is 1. The van der Waals surface area contributed by atoms with Gasteiger partial charge in [-0.25, -0.2) is 14.4 Å². The lowest BCUT2D eigenvalue weighted by atomic mass is 10.0. The Bertz CT molecular complexity index is 599. The van der Waals surface area contributed by atoms with Crippen molar-refractivity contribution in [2.75, 3.05) is 23.3 Å². The molecule has 1 unspecified atom stereocenters. The Morgan fingerprint density at radius 1 is 1.24 bits per heavy atom. The number of nitrogens with zero attached hydrogens (tertiary/aromatic N) is 3. The molecular formula is C16H19FN4. The number of aromatic nitrogens is 2. The predicted molar refractivity (Wildman–Crippen MR) is 82.0 cm³/mol. The molecule has 1 fully saturated rings. The number of piperidine rings is 1. The minimum atomic E-state index is -0.162. The quantitative estimate of drug-likeness (QED) is 0.941. The molecule has 2 heterocycles. The van der Waals surface area contributed by atoms with Crippen molar-refractivity contribution in [1.82, 2.24) is 9.97 Å². The van der Waals surface area contributed by atoms with E-state index in [0.29, 0.717) is 11.6 Å². The summed E-state index contributed by atoms with van der Waals surface area (Å²) >= 11 is 0. The van der Waals surface area contributed by atoms with Gasteiger partial charge < -0.3 is 10.2 Å². The second-order valence-electron chi connectivity index (χ2n) is 5.46. The van der Waals surface area contributed by atoms with Crippen LogP contribution in [0.5, 0.6) is 0 Å². The van der Waals surface area contributed by atoms with Crippen molar-refractivity contribution in [3.8, 4) is 0 Å². The Morgan fingerprint density at radius 3 is 2.76 bits per heavy atom. The summed E-state index contributed by atoms with van der Waals surface area (Å²) < 4.78 is 13.9. The van der Waals surface area contributed by atoms with Crippen LogP contribution in [0.15, 0.2) is 36.7 Å². The Hall–Kier alpha value is -2.17. The topological polar surface area (TPSA) is 41.1 Å². The lowest BCUT2D eigenvalue weighted by molar-refractivity contribution is 0.517. The number of hydrogen-bond donors (Lipinski definition) is 1. The fourth-order valence-electron chi connectivity index (χ4n) is 2.67. The van der Waals surface area contributed by atoms with E-state index in [9.17, 15) is 4.39 Å². The van der Waals surface area contributed by atoms with Crippen LogP contribution in [0, 0.1) is 12.7 Å². The van der Waals surface area contributed by atoms with Crippen LogP contribution >= 0.6 is 0 Å². The van der Waals surface area contributed by atoms with Crippen molar-refractivity contribution in [2.24, 2.45) is 0 Å². The summed E-state index contributed by atoms with van der Waals surface area (Å²) in [6.07, 6.45) is 5.67. The fourth-order valence-corrected chi connectivity index (χ4v) is 2.67. The van der Waals surface area contributed by atoms with Crippen molar-refractivity contribution in [3.05, 3.63) is 48.0 Å². The average Bonchev–Trinajstić information content (AvgIpc) is 2.50. The van der Waals surface area contributed by atoms with E-state index < -0.39 is 0 Å². The summed E-state index contributed by atoms with van der Waals surface area (Å²) in [6.45, 7) is 3.61. The zero-order chi connectivity index (χ0) is 14.7. The van der Waals surface area contributed by atoms with Gasteiger partial charge in [-0.05, 0) is 37.5 Å². The number of aryl methyl sites for hydroxylation is 1. The summed E-state index contributed by atoms with van der Waals surface area (Å²) in [5, 5.41) is 3.34. The third kappa shape index (κ3) is 3.29. The molecule has 1 N–H and O–H groups in total. The van der Waals surface area contributed by atoms with E-state index in [1.165, 1.54) is 6.07 Å². The van der Waals surface area contributed by atoms with Crippen molar-refractivity contribution >= 4 is 11.6 Å². The molecule has 0 radical (unpaired) electrons. The predicted octanol–water partition coefficient (Wildman–Crippen LogP) is 3.01.